The number of halogens is 3. The van der Waals surface area contributed by atoms with Crippen molar-refractivity contribution in [3.05, 3.63) is 26.7 Å². The number of rotatable bonds is 3. The van der Waals surface area contributed by atoms with Crippen LogP contribution in [-0.4, -0.2) is 26.3 Å². The molecule has 0 aromatic heterocycles. The first-order valence-corrected chi connectivity index (χ1v) is 7.40. The Morgan fingerprint density at radius 2 is 1.75 bits per heavy atom. The minimum absolute atomic E-state index is 0.0524. The second-order valence-electron chi connectivity index (χ2n) is 3.12. The van der Waals surface area contributed by atoms with Gasteiger partial charge in [0.2, 0.25) is 10.0 Å². The van der Waals surface area contributed by atoms with Crippen molar-refractivity contribution in [2.24, 2.45) is 0 Å². The Labute approximate surface area is 114 Å². The fourth-order valence-electron chi connectivity index (χ4n) is 1.10. The highest BCUT2D eigenvalue weighted by atomic mass is 79.9. The van der Waals surface area contributed by atoms with Gasteiger partial charge in [-0.15, -0.1) is 0 Å². The van der Waals surface area contributed by atoms with Gasteiger partial charge in [-0.1, -0.05) is 46.1 Å². The largest absolute Gasteiger partial charge is 0.245 e. The Kier molecular flexibility index (Phi) is 4.66. The molecule has 0 aliphatic heterocycles. The monoisotopic (exact) mass is 345 g/mol. The van der Waals surface area contributed by atoms with Crippen molar-refractivity contribution in [3.8, 4) is 0 Å². The zero-order chi connectivity index (χ0) is 12.5. The summed E-state index contributed by atoms with van der Waals surface area (Å²) in [5, 5.41) is 0.222. The molecular weight excluding hydrogens is 337 g/mol. The summed E-state index contributed by atoms with van der Waals surface area (Å²) in [7, 11) is -2.14. The highest BCUT2D eigenvalue weighted by Crippen LogP contribution is 2.34. The SMILES string of the molecule is CCN(C)S(=O)(=O)c1c(Cl)cc(Br)cc1Cl. The lowest BCUT2D eigenvalue weighted by Gasteiger charge is -2.17. The van der Waals surface area contributed by atoms with E-state index in [9.17, 15) is 8.42 Å². The Morgan fingerprint density at radius 3 is 2.12 bits per heavy atom. The van der Waals surface area contributed by atoms with Crippen LogP contribution < -0.4 is 0 Å². The maximum atomic E-state index is 12.1. The molecule has 16 heavy (non-hydrogen) atoms. The van der Waals surface area contributed by atoms with E-state index in [1.54, 1.807) is 6.92 Å². The minimum atomic E-state index is -3.62. The molecule has 0 aliphatic carbocycles. The number of hydrogen-bond acceptors (Lipinski definition) is 2. The lowest BCUT2D eigenvalue weighted by atomic mass is 10.4. The first-order chi connectivity index (χ1) is 7.30. The highest BCUT2D eigenvalue weighted by Gasteiger charge is 2.25. The molecule has 0 radical (unpaired) electrons. The highest BCUT2D eigenvalue weighted by molar-refractivity contribution is 9.10. The molecular formula is C9H10BrCl2NO2S. The smallest absolute Gasteiger partial charge is 0.207 e. The fraction of sp³-hybridized carbons (Fsp3) is 0.333. The second-order valence-corrected chi connectivity index (χ2v) is 6.83. The van der Waals surface area contributed by atoms with Crippen LogP contribution in [0.25, 0.3) is 0 Å². The van der Waals surface area contributed by atoms with Gasteiger partial charge in [-0.3, -0.25) is 0 Å². The molecule has 1 aromatic rings. The van der Waals surface area contributed by atoms with E-state index in [4.69, 9.17) is 23.2 Å². The van der Waals surface area contributed by atoms with Crippen molar-refractivity contribution in [1.29, 1.82) is 0 Å². The van der Waals surface area contributed by atoms with Crippen molar-refractivity contribution in [1.82, 2.24) is 4.31 Å². The molecule has 3 nitrogen and oxygen atoms in total. The molecule has 0 heterocycles. The van der Waals surface area contributed by atoms with E-state index in [2.05, 4.69) is 15.9 Å². The zero-order valence-corrected chi connectivity index (χ0v) is 12.6. The van der Waals surface area contributed by atoms with Crippen LogP contribution in [0.4, 0.5) is 0 Å². The molecule has 0 bridgehead atoms. The van der Waals surface area contributed by atoms with Crippen LogP contribution in [0.2, 0.25) is 10.0 Å². The quantitative estimate of drug-likeness (QED) is 0.841. The standard InChI is InChI=1S/C9H10BrCl2NO2S/c1-3-13(2)16(14,15)9-7(11)4-6(10)5-8(9)12/h4-5H,3H2,1-2H3. The van der Waals surface area contributed by atoms with Crippen molar-refractivity contribution < 1.29 is 8.42 Å². The Hall–Kier alpha value is 0.190. The third-order valence-corrected chi connectivity index (χ3v) is 5.39. The van der Waals surface area contributed by atoms with Gasteiger partial charge < -0.3 is 0 Å². The van der Waals surface area contributed by atoms with E-state index >= 15 is 0 Å². The lowest BCUT2D eigenvalue weighted by molar-refractivity contribution is 0.486. The van der Waals surface area contributed by atoms with Crippen LogP contribution in [0.15, 0.2) is 21.5 Å². The molecule has 0 unspecified atom stereocenters. The van der Waals surface area contributed by atoms with E-state index in [1.165, 1.54) is 23.5 Å². The summed E-state index contributed by atoms with van der Waals surface area (Å²) in [5.74, 6) is 0. The van der Waals surface area contributed by atoms with E-state index in [0.29, 0.717) is 11.0 Å². The average molecular weight is 347 g/mol. The maximum Gasteiger partial charge on any atom is 0.245 e. The summed E-state index contributed by atoms with van der Waals surface area (Å²) < 4.78 is 25.9. The number of sulfonamides is 1. The number of hydrogen-bond donors (Lipinski definition) is 0. The lowest BCUT2D eigenvalue weighted by Crippen LogP contribution is -2.27. The second kappa shape index (κ2) is 5.23. The van der Waals surface area contributed by atoms with Crippen LogP contribution in [0.1, 0.15) is 6.92 Å². The predicted molar refractivity (Wildman–Crippen MR) is 69.7 cm³/mol. The first-order valence-electron chi connectivity index (χ1n) is 4.41. The molecule has 7 heteroatoms. The molecule has 0 fully saturated rings. The van der Waals surface area contributed by atoms with Crippen LogP contribution in [0.3, 0.4) is 0 Å². The third-order valence-electron chi connectivity index (χ3n) is 2.08. The predicted octanol–water partition coefficient (Wildman–Crippen LogP) is 3.40. The molecule has 0 atom stereocenters. The van der Waals surface area contributed by atoms with Gasteiger partial charge in [-0.2, -0.15) is 0 Å². The normalized spacial score (nSPS) is 12.1. The topological polar surface area (TPSA) is 37.4 Å². The van der Waals surface area contributed by atoms with E-state index in [-0.39, 0.29) is 14.9 Å². The molecule has 0 N–H and O–H groups in total. The van der Waals surface area contributed by atoms with Crippen LogP contribution >= 0.6 is 39.1 Å². The molecule has 0 spiro atoms. The third kappa shape index (κ3) is 2.71. The Balaban J connectivity index is 3.45. The molecule has 0 saturated carbocycles. The maximum absolute atomic E-state index is 12.1. The summed E-state index contributed by atoms with van der Waals surface area (Å²) in [6.45, 7) is 2.09. The molecule has 1 aromatic carbocycles. The van der Waals surface area contributed by atoms with Crippen molar-refractivity contribution >= 4 is 49.2 Å². The molecule has 90 valence electrons. The summed E-state index contributed by atoms with van der Waals surface area (Å²) in [6.07, 6.45) is 0. The Morgan fingerprint density at radius 1 is 1.31 bits per heavy atom. The van der Waals surface area contributed by atoms with E-state index in [0.717, 1.165) is 0 Å². The first kappa shape index (κ1) is 14.3. The number of nitrogens with zero attached hydrogens (tertiary/aromatic N) is 1. The van der Waals surface area contributed by atoms with Gasteiger partial charge in [-0.05, 0) is 12.1 Å². The summed E-state index contributed by atoms with van der Waals surface area (Å²) >= 11 is 15.0. The molecule has 0 saturated heterocycles. The molecule has 0 amide bonds. The van der Waals surface area contributed by atoms with Crippen LogP contribution in [0.5, 0.6) is 0 Å². The minimum Gasteiger partial charge on any atom is -0.207 e. The summed E-state index contributed by atoms with van der Waals surface area (Å²) in [6, 6.07) is 3.01. The van der Waals surface area contributed by atoms with E-state index < -0.39 is 10.0 Å². The molecule has 0 aliphatic rings. The van der Waals surface area contributed by atoms with Gasteiger partial charge in [0, 0.05) is 18.1 Å². The summed E-state index contributed by atoms with van der Waals surface area (Å²) in [4.78, 5) is -0.0524. The van der Waals surface area contributed by atoms with Gasteiger partial charge in [0.25, 0.3) is 0 Å². The average Bonchev–Trinajstić information content (AvgIpc) is 2.14. The van der Waals surface area contributed by atoms with Gasteiger partial charge in [-0.25, -0.2) is 12.7 Å². The Bertz CT molecular complexity index is 481. The fourth-order valence-corrected chi connectivity index (χ4v) is 4.16. The van der Waals surface area contributed by atoms with Crippen molar-refractivity contribution in [3.63, 3.8) is 0 Å². The van der Waals surface area contributed by atoms with Crippen LogP contribution in [0, 0.1) is 0 Å². The number of benzene rings is 1. The summed E-state index contributed by atoms with van der Waals surface area (Å²) in [5.41, 5.74) is 0. The van der Waals surface area contributed by atoms with Gasteiger partial charge in [0.1, 0.15) is 4.90 Å². The van der Waals surface area contributed by atoms with Crippen molar-refractivity contribution in [2.75, 3.05) is 13.6 Å². The van der Waals surface area contributed by atoms with Gasteiger partial charge in [0.15, 0.2) is 0 Å². The zero-order valence-electron chi connectivity index (χ0n) is 8.67. The van der Waals surface area contributed by atoms with Crippen molar-refractivity contribution in [2.45, 2.75) is 11.8 Å². The van der Waals surface area contributed by atoms with Crippen LogP contribution in [-0.2, 0) is 10.0 Å². The van der Waals surface area contributed by atoms with Gasteiger partial charge in [0.05, 0.1) is 10.0 Å². The van der Waals surface area contributed by atoms with Gasteiger partial charge >= 0.3 is 0 Å². The van der Waals surface area contributed by atoms with E-state index in [1.807, 2.05) is 0 Å². The molecule has 1 rings (SSSR count).